The van der Waals surface area contributed by atoms with Crippen LogP contribution in [0.1, 0.15) is 35.4 Å². The molecule has 0 amide bonds. The van der Waals surface area contributed by atoms with Crippen LogP contribution in [-0.4, -0.2) is 33.8 Å². The first-order valence-electron chi connectivity index (χ1n) is 6.23. The van der Waals surface area contributed by atoms with Crippen molar-refractivity contribution < 1.29 is 15.0 Å². The standard InChI is InChI=1S/C13H18N2O3/c16-11-5-4-9(6-11)7-14-8-10-2-1-3-12(15-10)13(17)18/h1-3,9,11,14,16H,4-8H2,(H,17,18). The molecule has 1 saturated carbocycles. The van der Waals surface area contributed by atoms with E-state index in [-0.39, 0.29) is 11.8 Å². The summed E-state index contributed by atoms with van der Waals surface area (Å²) in [6, 6.07) is 4.99. The first-order chi connectivity index (χ1) is 8.65. The minimum absolute atomic E-state index is 0.0746. The lowest BCUT2D eigenvalue weighted by molar-refractivity contribution is 0.0690. The van der Waals surface area contributed by atoms with E-state index in [0.717, 1.165) is 31.5 Å². The molecule has 1 fully saturated rings. The van der Waals surface area contributed by atoms with Crippen LogP contribution in [0.3, 0.4) is 0 Å². The zero-order chi connectivity index (χ0) is 13.0. The van der Waals surface area contributed by atoms with E-state index in [9.17, 15) is 9.90 Å². The van der Waals surface area contributed by atoms with Gasteiger partial charge in [0.05, 0.1) is 11.8 Å². The Balaban J connectivity index is 1.79. The maximum absolute atomic E-state index is 10.8. The molecule has 2 unspecified atom stereocenters. The summed E-state index contributed by atoms with van der Waals surface area (Å²) in [4.78, 5) is 14.8. The molecule has 0 bridgehead atoms. The van der Waals surface area contributed by atoms with Crippen molar-refractivity contribution in [3.8, 4) is 0 Å². The summed E-state index contributed by atoms with van der Waals surface area (Å²) >= 11 is 0. The largest absolute Gasteiger partial charge is 0.477 e. The maximum Gasteiger partial charge on any atom is 0.354 e. The molecule has 1 aromatic rings. The van der Waals surface area contributed by atoms with Gasteiger partial charge in [0.25, 0.3) is 0 Å². The maximum atomic E-state index is 10.8. The molecule has 0 aliphatic heterocycles. The minimum atomic E-state index is -1.00. The Morgan fingerprint density at radius 2 is 2.28 bits per heavy atom. The van der Waals surface area contributed by atoms with Crippen LogP contribution in [0.2, 0.25) is 0 Å². The fourth-order valence-electron chi connectivity index (χ4n) is 2.34. The molecule has 18 heavy (non-hydrogen) atoms. The highest BCUT2D eigenvalue weighted by Gasteiger charge is 2.22. The molecule has 98 valence electrons. The van der Waals surface area contributed by atoms with Gasteiger partial charge in [-0.2, -0.15) is 0 Å². The molecule has 1 aromatic heterocycles. The van der Waals surface area contributed by atoms with Crippen molar-refractivity contribution >= 4 is 5.97 Å². The molecule has 1 aliphatic carbocycles. The Morgan fingerprint density at radius 3 is 2.94 bits per heavy atom. The van der Waals surface area contributed by atoms with E-state index in [0.29, 0.717) is 12.5 Å². The van der Waals surface area contributed by atoms with Gasteiger partial charge < -0.3 is 15.5 Å². The molecule has 3 N–H and O–H groups in total. The quantitative estimate of drug-likeness (QED) is 0.727. The van der Waals surface area contributed by atoms with Crippen molar-refractivity contribution in [2.24, 2.45) is 5.92 Å². The van der Waals surface area contributed by atoms with Gasteiger partial charge in [-0.3, -0.25) is 0 Å². The van der Waals surface area contributed by atoms with Crippen LogP contribution in [0, 0.1) is 5.92 Å². The number of nitrogens with zero attached hydrogens (tertiary/aromatic N) is 1. The van der Waals surface area contributed by atoms with Gasteiger partial charge >= 0.3 is 5.97 Å². The molecular weight excluding hydrogens is 232 g/mol. The Bertz CT molecular complexity index is 422. The molecule has 1 aliphatic rings. The molecule has 1 heterocycles. The number of carboxylic acids is 1. The van der Waals surface area contributed by atoms with E-state index in [1.807, 2.05) is 6.07 Å². The first kappa shape index (κ1) is 13.0. The Hall–Kier alpha value is -1.46. The van der Waals surface area contributed by atoms with Gasteiger partial charge in [0.1, 0.15) is 5.69 Å². The zero-order valence-corrected chi connectivity index (χ0v) is 10.2. The lowest BCUT2D eigenvalue weighted by atomic mass is 10.1. The Morgan fingerprint density at radius 1 is 1.44 bits per heavy atom. The van der Waals surface area contributed by atoms with Crippen molar-refractivity contribution in [1.82, 2.24) is 10.3 Å². The lowest BCUT2D eigenvalue weighted by Crippen LogP contribution is -2.22. The molecule has 0 aromatic carbocycles. The third kappa shape index (κ3) is 3.51. The van der Waals surface area contributed by atoms with Crippen molar-refractivity contribution in [1.29, 1.82) is 0 Å². The highest BCUT2D eigenvalue weighted by Crippen LogP contribution is 2.24. The van der Waals surface area contributed by atoms with Gasteiger partial charge in [-0.15, -0.1) is 0 Å². The minimum Gasteiger partial charge on any atom is -0.477 e. The monoisotopic (exact) mass is 250 g/mol. The van der Waals surface area contributed by atoms with Crippen LogP contribution in [-0.2, 0) is 6.54 Å². The molecule has 0 spiro atoms. The summed E-state index contributed by atoms with van der Waals surface area (Å²) in [5, 5.41) is 21.5. The van der Waals surface area contributed by atoms with E-state index in [4.69, 9.17) is 5.11 Å². The normalized spacial score (nSPS) is 23.2. The van der Waals surface area contributed by atoms with Gasteiger partial charge in [-0.25, -0.2) is 9.78 Å². The van der Waals surface area contributed by atoms with Gasteiger partial charge in [0.15, 0.2) is 0 Å². The van der Waals surface area contributed by atoms with E-state index in [1.54, 1.807) is 6.07 Å². The second kappa shape index (κ2) is 5.93. The van der Waals surface area contributed by atoms with Crippen molar-refractivity contribution in [2.45, 2.75) is 31.9 Å². The molecule has 5 nitrogen and oxygen atoms in total. The van der Waals surface area contributed by atoms with Crippen LogP contribution < -0.4 is 5.32 Å². The number of nitrogens with one attached hydrogen (secondary N) is 1. The molecule has 0 saturated heterocycles. The smallest absolute Gasteiger partial charge is 0.354 e. The van der Waals surface area contributed by atoms with Crippen LogP contribution in [0.5, 0.6) is 0 Å². The molecule has 0 radical (unpaired) electrons. The molecule has 2 atom stereocenters. The molecular formula is C13H18N2O3. The van der Waals surface area contributed by atoms with Crippen molar-refractivity contribution in [3.63, 3.8) is 0 Å². The predicted molar refractivity (Wildman–Crippen MR) is 66.3 cm³/mol. The van der Waals surface area contributed by atoms with Crippen LogP contribution in [0.4, 0.5) is 0 Å². The Labute approximate surface area is 106 Å². The number of aromatic nitrogens is 1. The number of aliphatic hydroxyl groups excluding tert-OH is 1. The topological polar surface area (TPSA) is 82.5 Å². The van der Waals surface area contributed by atoms with Crippen molar-refractivity contribution in [3.05, 3.63) is 29.6 Å². The number of hydrogen-bond acceptors (Lipinski definition) is 4. The van der Waals surface area contributed by atoms with Crippen LogP contribution in [0.15, 0.2) is 18.2 Å². The fourth-order valence-corrected chi connectivity index (χ4v) is 2.34. The van der Waals surface area contributed by atoms with Crippen LogP contribution in [0.25, 0.3) is 0 Å². The second-order valence-electron chi connectivity index (χ2n) is 4.78. The van der Waals surface area contributed by atoms with Crippen LogP contribution >= 0.6 is 0 Å². The highest BCUT2D eigenvalue weighted by atomic mass is 16.4. The SMILES string of the molecule is O=C(O)c1cccc(CNCC2CCC(O)C2)n1. The highest BCUT2D eigenvalue weighted by molar-refractivity contribution is 5.85. The number of aliphatic hydroxyl groups is 1. The lowest BCUT2D eigenvalue weighted by Gasteiger charge is -2.10. The third-order valence-corrected chi connectivity index (χ3v) is 3.28. The number of rotatable bonds is 5. The Kier molecular flexibility index (Phi) is 4.28. The van der Waals surface area contributed by atoms with Gasteiger partial charge in [-0.1, -0.05) is 6.07 Å². The van der Waals surface area contributed by atoms with Gasteiger partial charge in [0.2, 0.25) is 0 Å². The zero-order valence-electron chi connectivity index (χ0n) is 10.2. The van der Waals surface area contributed by atoms with E-state index in [1.165, 1.54) is 6.07 Å². The summed E-state index contributed by atoms with van der Waals surface area (Å²) < 4.78 is 0. The second-order valence-corrected chi connectivity index (χ2v) is 4.78. The number of carbonyl (C=O) groups is 1. The number of pyridine rings is 1. The summed E-state index contributed by atoms with van der Waals surface area (Å²) in [6.07, 6.45) is 2.65. The third-order valence-electron chi connectivity index (χ3n) is 3.28. The average Bonchev–Trinajstić information content (AvgIpc) is 2.75. The number of hydrogen-bond donors (Lipinski definition) is 3. The predicted octanol–water partition coefficient (Wildman–Crippen LogP) is 1.03. The van der Waals surface area contributed by atoms with Gasteiger partial charge in [-0.05, 0) is 43.9 Å². The van der Waals surface area contributed by atoms with Crippen molar-refractivity contribution in [2.75, 3.05) is 6.54 Å². The first-order valence-corrected chi connectivity index (χ1v) is 6.23. The van der Waals surface area contributed by atoms with Gasteiger partial charge in [0, 0.05) is 6.54 Å². The summed E-state index contributed by atoms with van der Waals surface area (Å²) in [6.45, 7) is 1.41. The average molecular weight is 250 g/mol. The van der Waals surface area contributed by atoms with E-state index in [2.05, 4.69) is 10.3 Å². The number of aromatic carboxylic acids is 1. The molecule has 2 rings (SSSR count). The number of carboxylic acid groups (broad SMARTS) is 1. The summed E-state index contributed by atoms with van der Waals surface area (Å²) in [7, 11) is 0. The molecule has 5 heteroatoms. The fraction of sp³-hybridized carbons (Fsp3) is 0.538. The summed E-state index contributed by atoms with van der Waals surface area (Å²) in [5.74, 6) is -0.488. The van der Waals surface area contributed by atoms with E-state index >= 15 is 0 Å². The van der Waals surface area contributed by atoms with E-state index < -0.39 is 5.97 Å². The summed E-state index contributed by atoms with van der Waals surface area (Å²) in [5.41, 5.74) is 0.805.